The van der Waals surface area contributed by atoms with E-state index >= 15 is 0 Å². The van der Waals surface area contributed by atoms with Gasteiger partial charge in [-0.05, 0) is 65.0 Å². The van der Waals surface area contributed by atoms with Crippen LogP contribution < -0.4 is 26.6 Å². The summed E-state index contributed by atoms with van der Waals surface area (Å²) >= 11 is 0. The number of aromatic amines is 1. The summed E-state index contributed by atoms with van der Waals surface area (Å²) in [7, 11) is 1.43. The molecular formula is C59H80FN9O14. The second-order valence-corrected chi connectivity index (χ2v) is 22.3. The molecule has 23 nitrogen and oxygen atoms in total. The fourth-order valence-corrected chi connectivity index (χ4v) is 11.1. The summed E-state index contributed by atoms with van der Waals surface area (Å²) < 4.78 is 40.3. The number of carbonyl (C=O) groups excluding carboxylic acids is 3. The number of Topliss-reactive ketones (excluding diaryl/α,β-unsaturated/α-hetero) is 1. The van der Waals surface area contributed by atoms with Crippen LogP contribution in [0.4, 0.5) is 10.1 Å². The van der Waals surface area contributed by atoms with Gasteiger partial charge in [0.1, 0.15) is 23.4 Å². The fraction of sp³-hybridized carbons (Fsp3) is 0.559. The van der Waals surface area contributed by atoms with Crippen LogP contribution >= 0.6 is 0 Å². The maximum Gasteiger partial charge on any atom is 0.328 e. The molecule has 24 heteroatoms. The van der Waals surface area contributed by atoms with Crippen molar-refractivity contribution in [2.75, 3.05) is 32.1 Å². The van der Waals surface area contributed by atoms with Gasteiger partial charge in [0.05, 0.1) is 64.9 Å². The minimum Gasteiger partial charge on any atom is -0.507 e. The first kappa shape index (κ1) is 63.2. The van der Waals surface area contributed by atoms with Gasteiger partial charge in [0.25, 0.3) is 17.2 Å². The third kappa shape index (κ3) is 14.7. The third-order valence-corrected chi connectivity index (χ3v) is 16.2. The van der Waals surface area contributed by atoms with Crippen LogP contribution in [0.2, 0.25) is 0 Å². The first-order valence-corrected chi connectivity index (χ1v) is 28.4. The number of rotatable bonds is 17. The number of anilines is 1. The lowest BCUT2D eigenvalue weighted by atomic mass is 9.78. The van der Waals surface area contributed by atoms with Crippen molar-refractivity contribution in [3.63, 3.8) is 0 Å². The summed E-state index contributed by atoms with van der Waals surface area (Å²) in [6.07, 6.45) is 15.1. The number of benzene rings is 2. The number of H-pyrrole nitrogens is 1. The number of esters is 1. The van der Waals surface area contributed by atoms with Gasteiger partial charge in [0.15, 0.2) is 5.75 Å². The van der Waals surface area contributed by atoms with Crippen LogP contribution in [0.1, 0.15) is 127 Å². The standard InChI is InChI=1S/C59H80FN9O14/c1-32-17-15-18-33(2)56(77)63-47-41(29-62-68-26-20-39(21-27-68)61-23-13-11-10-12-14-25-69-30-40(65-66-69)19-16-24-67-31-42(60)57(78)64-58(67)79)51(74)44-45(52(47)75)50(73)37(6)54-46(44)55(76)59(8,83-54)81-28-22-43(80-9)34(3)53(82-38(7)70)36(5)49(72)35(4)48(32)71/h15,17-18,22,28-32,34-36,39,43,48-49,53,61,71-75H,10-14,16,19-21,23-27H2,1-9H3,(H,63,77)(H,64,78,79)/b17-15+,28-22+,33-18-,62-29+/t32-,34+,35+,36+,43-,48-,49+,53+,59-/m0/s1. The van der Waals surface area contributed by atoms with E-state index in [2.05, 4.69) is 20.9 Å². The van der Waals surface area contributed by atoms with E-state index in [0.717, 1.165) is 74.5 Å². The number of nitrogens with one attached hydrogen (secondary N) is 3. The Morgan fingerprint density at radius 2 is 1.63 bits per heavy atom. The normalized spacial score (nSPS) is 26.2. The number of phenolic OH excluding ortho intramolecular Hbond substituents is 3. The number of halogens is 1. The minimum atomic E-state index is -2.08. The molecule has 8 rings (SSSR count). The Balaban J connectivity index is 1.03. The summed E-state index contributed by atoms with van der Waals surface area (Å²) in [6, 6.07) is 0.230. The number of aromatic nitrogens is 5. The van der Waals surface area contributed by atoms with Crippen molar-refractivity contribution in [3.05, 3.63) is 97.6 Å². The molecule has 1 amide bonds. The van der Waals surface area contributed by atoms with Crippen molar-refractivity contribution in [3.8, 4) is 23.0 Å². The van der Waals surface area contributed by atoms with Crippen molar-refractivity contribution in [1.29, 1.82) is 0 Å². The number of unbranched alkanes of at least 4 members (excludes halogenated alkanes) is 4. The SMILES string of the molecule is CO[C@H]1/C=C/O[C@@]2(C)Oc3c(C)c(O)c4c(O)c(c(/C=N/N5CCC(NCCCCCCCn6cc(CCCn7cc(F)c(=O)[nH]c7=O)nn6)CC5)c(O)c4c3C2=O)NC(=O)/C(C)=C\C=C\[C@H](C)[C@H](O)[C@@H](C)[C@@H](O)[C@@H](C)[C@H](OC(C)=O)[C@@H]1C. The molecule has 6 heterocycles. The number of aromatic hydroxyl groups is 3. The molecule has 5 bridgehead atoms. The van der Waals surface area contributed by atoms with Gasteiger partial charge in [0, 0.05) is 99.6 Å². The lowest BCUT2D eigenvalue weighted by Gasteiger charge is -2.38. The van der Waals surface area contributed by atoms with Crippen LogP contribution in [-0.4, -0.2) is 142 Å². The van der Waals surface area contributed by atoms with Gasteiger partial charge in [-0.3, -0.25) is 38.4 Å². The van der Waals surface area contributed by atoms with Crippen molar-refractivity contribution in [2.24, 2.45) is 28.8 Å². The number of aryl methyl sites for hydroxylation is 3. The highest BCUT2D eigenvalue weighted by Crippen LogP contribution is 2.55. The summed E-state index contributed by atoms with van der Waals surface area (Å²) in [5.74, 6) is -9.65. The van der Waals surface area contributed by atoms with Crippen LogP contribution in [0.5, 0.6) is 23.0 Å². The van der Waals surface area contributed by atoms with E-state index in [9.17, 15) is 53.9 Å². The summed E-state index contributed by atoms with van der Waals surface area (Å²) in [6.45, 7) is 15.3. The fourth-order valence-electron chi connectivity index (χ4n) is 11.1. The molecule has 2 aromatic carbocycles. The van der Waals surface area contributed by atoms with Gasteiger partial charge in [0.2, 0.25) is 5.82 Å². The van der Waals surface area contributed by atoms with Crippen LogP contribution in [0.15, 0.2) is 63.2 Å². The molecule has 0 unspecified atom stereocenters. The number of aliphatic hydroxyl groups is 2. The highest BCUT2D eigenvalue weighted by atomic mass is 19.1. The molecule has 4 aliphatic rings. The average Bonchev–Trinajstić information content (AvgIpc) is 2.85. The molecule has 452 valence electrons. The Hall–Kier alpha value is -7.41. The molecule has 1 fully saturated rings. The van der Waals surface area contributed by atoms with Crippen molar-refractivity contribution < 1.29 is 63.3 Å². The zero-order valence-electron chi connectivity index (χ0n) is 48.7. The Morgan fingerprint density at radius 3 is 2.34 bits per heavy atom. The molecule has 0 spiro atoms. The van der Waals surface area contributed by atoms with E-state index in [1.807, 2.05) is 11.2 Å². The second kappa shape index (κ2) is 27.8. The van der Waals surface area contributed by atoms with Gasteiger partial charge in [-0.2, -0.15) is 9.49 Å². The number of carbonyl (C=O) groups is 3. The zero-order chi connectivity index (χ0) is 60.4. The Labute approximate surface area is 480 Å². The number of nitrogens with zero attached hydrogens (tertiary/aromatic N) is 6. The Bertz CT molecular complexity index is 3240. The molecule has 4 aromatic rings. The largest absolute Gasteiger partial charge is 0.507 e. The van der Waals surface area contributed by atoms with E-state index in [4.69, 9.17) is 24.0 Å². The number of aliphatic hydroxyl groups excluding tert-OH is 2. The van der Waals surface area contributed by atoms with Crippen LogP contribution in [0.25, 0.3) is 10.8 Å². The number of piperidine rings is 1. The number of ketones is 1. The smallest absolute Gasteiger partial charge is 0.328 e. The predicted molar refractivity (Wildman–Crippen MR) is 307 cm³/mol. The van der Waals surface area contributed by atoms with E-state index in [1.165, 1.54) is 59.4 Å². The number of hydrogen-bond donors (Lipinski definition) is 8. The molecule has 83 heavy (non-hydrogen) atoms. The second-order valence-electron chi connectivity index (χ2n) is 22.3. The molecule has 9 atom stereocenters. The molecule has 2 aromatic heterocycles. The first-order chi connectivity index (χ1) is 39.5. The van der Waals surface area contributed by atoms with E-state index in [1.54, 1.807) is 49.5 Å². The Kier molecular flexibility index (Phi) is 21.1. The maximum atomic E-state index is 14.7. The highest BCUT2D eigenvalue weighted by Gasteiger charge is 2.50. The van der Waals surface area contributed by atoms with Crippen LogP contribution in [0.3, 0.4) is 0 Å². The van der Waals surface area contributed by atoms with E-state index < -0.39 is 106 Å². The third-order valence-electron chi connectivity index (χ3n) is 16.2. The number of amides is 1. The summed E-state index contributed by atoms with van der Waals surface area (Å²) in [5, 5.41) is 80.1. The average molecular weight is 1160 g/mol. The quantitative estimate of drug-likeness (QED) is 0.0197. The number of phenols is 3. The van der Waals surface area contributed by atoms with Crippen molar-refractivity contribution in [2.45, 2.75) is 163 Å². The lowest BCUT2D eigenvalue weighted by Crippen LogP contribution is -2.46. The molecule has 0 aliphatic carbocycles. The zero-order valence-corrected chi connectivity index (χ0v) is 48.7. The number of hydrogen-bond acceptors (Lipinski definition) is 19. The minimum absolute atomic E-state index is 0.0351. The molecule has 4 aliphatic heterocycles. The maximum absolute atomic E-state index is 14.7. The topological polar surface area (TPSA) is 315 Å². The van der Waals surface area contributed by atoms with Gasteiger partial charge < -0.3 is 55.1 Å². The summed E-state index contributed by atoms with van der Waals surface area (Å²) in [4.78, 5) is 66.3. The molecule has 1 saturated heterocycles. The lowest BCUT2D eigenvalue weighted by molar-refractivity contribution is -0.160. The number of ether oxygens (including phenoxy) is 4. The van der Waals surface area contributed by atoms with Crippen LogP contribution in [0, 0.1) is 36.4 Å². The van der Waals surface area contributed by atoms with Crippen molar-refractivity contribution >= 4 is 40.3 Å². The van der Waals surface area contributed by atoms with Gasteiger partial charge >= 0.3 is 17.4 Å². The number of allylic oxidation sites excluding steroid dienone is 2. The highest BCUT2D eigenvalue weighted by molar-refractivity contribution is 6.23. The summed E-state index contributed by atoms with van der Waals surface area (Å²) in [5.41, 5.74) is -1.40. The molecule has 8 N–H and O–H groups in total. The molecule has 0 radical (unpaired) electrons. The number of hydrazone groups is 1. The molecule has 0 saturated carbocycles. The molecular weight excluding hydrogens is 1080 g/mol. The van der Waals surface area contributed by atoms with Gasteiger partial charge in [-0.1, -0.05) is 70.4 Å². The van der Waals surface area contributed by atoms with Crippen molar-refractivity contribution in [1.82, 2.24) is 34.9 Å². The predicted octanol–water partition coefficient (Wildman–Crippen LogP) is 6.01. The van der Waals surface area contributed by atoms with Gasteiger partial charge in [-0.25, -0.2) is 4.79 Å². The Morgan fingerprint density at radius 1 is 0.916 bits per heavy atom. The monoisotopic (exact) mass is 1160 g/mol. The number of methoxy groups -OCH3 is 1. The van der Waals surface area contributed by atoms with Gasteiger partial charge in [-0.15, -0.1) is 5.10 Å². The van der Waals surface area contributed by atoms with Crippen LogP contribution in [-0.2, 0) is 43.3 Å². The van der Waals surface area contributed by atoms with E-state index in [0.29, 0.717) is 25.9 Å². The van der Waals surface area contributed by atoms with E-state index in [-0.39, 0.29) is 57.1 Å². The number of fused-ring (bicyclic) bond motifs is 14. The first-order valence-electron chi connectivity index (χ1n) is 28.4.